The fourth-order valence-corrected chi connectivity index (χ4v) is 3.59. The Morgan fingerprint density at radius 3 is 2.71 bits per heavy atom. The zero-order chi connectivity index (χ0) is 15.6. The summed E-state index contributed by atoms with van der Waals surface area (Å²) in [6.07, 6.45) is 6.22. The summed E-state index contributed by atoms with van der Waals surface area (Å²) in [6.45, 7) is 6.26. The average molecular weight is 356 g/mol. The topological polar surface area (TPSA) is 68.1 Å². The third kappa shape index (κ3) is 3.54. The summed E-state index contributed by atoms with van der Waals surface area (Å²) in [4.78, 5) is 14.8. The van der Waals surface area contributed by atoms with E-state index in [1.807, 2.05) is 0 Å². The van der Waals surface area contributed by atoms with E-state index in [1.54, 1.807) is 6.92 Å². The average Bonchev–Trinajstić information content (AvgIpc) is 2.44. The van der Waals surface area contributed by atoms with Gasteiger partial charge in [-0.3, -0.25) is 10.1 Å². The second-order valence-electron chi connectivity index (χ2n) is 6.13. The largest absolute Gasteiger partial charge is 0.366 e. The van der Waals surface area contributed by atoms with Crippen molar-refractivity contribution < 1.29 is 4.92 Å². The van der Waals surface area contributed by atoms with Crippen molar-refractivity contribution in [2.45, 2.75) is 52.5 Å². The van der Waals surface area contributed by atoms with Crippen molar-refractivity contribution in [3.8, 4) is 0 Å². The van der Waals surface area contributed by atoms with Gasteiger partial charge in [-0.1, -0.05) is 26.7 Å². The van der Waals surface area contributed by atoms with Gasteiger partial charge in [0.2, 0.25) is 0 Å². The molecular formula is C15H22BrN3O2. The van der Waals surface area contributed by atoms with Crippen LogP contribution in [0.5, 0.6) is 0 Å². The molecule has 0 bridgehead atoms. The summed E-state index contributed by atoms with van der Waals surface area (Å²) < 4.78 is 0.699. The number of pyridine rings is 1. The minimum absolute atomic E-state index is 0.0523. The molecule has 0 aliphatic heterocycles. The van der Waals surface area contributed by atoms with Crippen LogP contribution in [-0.2, 0) is 0 Å². The monoisotopic (exact) mass is 355 g/mol. The molecule has 1 aliphatic carbocycles. The van der Waals surface area contributed by atoms with Crippen molar-refractivity contribution in [1.82, 2.24) is 4.98 Å². The van der Waals surface area contributed by atoms with Gasteiger partial charge in [0.15, 0.2) is 0 Å². The predicted octanol–water partition coefficient (Wildman–Crippen LogP) is 4.69. The van der Waals surface area contributed by atoms with Gasteiger partial charge < -0.3 is 5.32 Å². The highest BCUT2D eigenvalue weighted by atomic mass is 79.9. The smallest absolute Gasteiger partial charge is 0.291 e. The molecule has 116 valence electrons. The standard InChI is InChI=1S/C15H22BrN3O2/c1-9(2)11-6-4-5-7-12(11)18-15-14(16)10(3)13(8-17-15)19(20)21/h8-9,11-12H,4-7H2,1-3H3,(H,17,18). The third-order valence-electron chi connectivity index (χ3n) is 4.43. The maximum atomic E-state index is 10.9. The first-order chi connectivity index (χ1) is 9.91. The Balaban J connectivity index is 2.22. The molecular weight excluding hydrogens is 334 g/mol. The summed E-state index contributed by atoms with van der Waals surface area (Å²) in [6, 6.07) is 0.392. The van der Waals surface area contributed by atoms with Gasteiger partial charge in [0.05, 0.1) is 9.40 Å². The third-order valence-corrected chi connectivity index (χ3v) is 5.40. The summed E-state index contributed by atoms with van der Waals surface area (Å²) >= 11 is 3.45. The zero-order valence-corrected chi connectivity index (χ0v) is 14.3. The predicted molar refractivity (Wildman–Crippen MR) is 87.5 cm³/mol. The van der Waals surface area contributed by atoms with Gasteiger partial charge in [0.1, 0.15) is 12.0 Å². The Bertz CT molecular complexity index is 534. The normalized spacial score (nSPS) is 22.3. The minimum atomic E-state index is -0.394. The van der Waals surface area contributed by atoms with E-state index in [0.717, 1.165) is 12.2 Å². The van der Waals surface area contributed by atoms with Crippen molar-refractivity contribution in [3.63, 3.8) is 0 Å². The molecule has 2 unspecified atom stereocenters. The Labute approximate surface area is 133 Å². The van der Waals surface area contributed by atoms with E-state index < -0.39 is 4.92 Å². The fraction of sp³-hybridized carbons (Fsp3) is 0.667. The number of nitrogens with one attached hydrogen (secondary N) is 1. The lowest BCUT2D eigenvalue weighted by Gasteiger charge is -2.35. The van der Waals surface area contributed by atoms with E-state index in [4.69, 9.17) is 0 Å². The van der Waals surface area contributed by atoms with Crippen LogP contribution in [0.4, 0.5) is 11.5 Å². The second kappa shape index (κ2) is 6.73. The molecule has 0 amide bonds. The first-order valence-electron chi connectivity index (χ1n) is 7.47. The molecule has 2 atom stereocenters. The highest BCUT2D eigenvalue weighted by Gasteiger charge is 2.28. The van der Waals surface area contributed by atoms with Crippen LogP contribution >= 0.6 is 15.9 Å². The Morgan fingerprint density at radius 1 is 1.43 bits per heavy atom. The molecule has 1 aliphatic rings. The molecule has 1 aromatic heterocycles. The number of anilines is 1. The van der Waals surface area contributed by atoms with E-state index in [9.17, 15) is 10.1 Å². The summed E-state index contributed by atoms with van der Waals surface area (Å²) in [5.74, 6) is 1.97. The molecule has 0 aromatic carbocycles. The number of hydrogen-bond donors (Lipinski definition) is 1. The second-order valence-corrected chi connectivity index (χ2v) is 6.92. The SMILES string of the molecule is Cc1c([N+](=O)[O-])cnc(NC2CCCCC2C(C)C)c1Br. The highest BCUT2D eigenvalue weighted by molar-refractivity contribution is 9.10. The van der Waals surface area contributed by atoms with Crippen LogP contribution in [0.2, 0.25) is 0 Å². The van der Waals surface area contributed by atoms with Crippen LogP contribution in [0.25, 0.3) is 0 Å². The Kier molecular flexibility index (Phi) is 5.19. The van der Waals surface area contributed by atoms with Gasteiger partial charge in [0.25, 0.3) is 5.69 Å². The van der Waals surface area contributed by atoms with Crippen LogP contribution in [-0.4, -0.2) is 15.9 Å². The molecule has 1 aromatic rings. The Hall–Kier alpha value is -1.17. The lowest BCUT2D eigenvalue weighted by Crippen LogP contribution is -2.35. The number of nitro groups is 1. The molecule has 1 saturated carbocycles. The molecule has 1 fully saturated rings. The van der Waals surface area contributed by atoms with Gasteiger partial charge in [-0.15, -0.1) is 0 Å². The maximum absolute atomic E-state index is 10.9. The van der Waals surface area contributed by atoms with Crippen LogP contribution < -0.4 is 5.32 Å². The van der Waals surface area contributed by atoms with Gasteiger partial charge in [-0.05, 0) is 47.5 Å². The van der Waals surface area contributed by atoms with Crippen molar-refractivity contribution in [1.29, 1.82) is 0 Å². The maximum Gasteiger partial charge on any atom is 0.291 e. The zero-order valence-electron chi connectivity index (χ0n) is 12.7. The summed E-state index contributed by atoms with van der Waals surface area (Å²) in [5, 5.41) is 14.4. The van der Waals surface area contributed by atoms with E-state index in [0.29, 0.717) is 27.9 Å². The Morgan fingerprint density at radius 2 is 2.10 bits per heavy atom. The van der Waals surface area contributed by atoms with E-state index in [-0.39, 0.29) is 5.69 Å². The van der Waals surface area contributed by atoms with Crippen molar-refractivity contribution >= 4 is 27.4 Å². The van der Waals surface area contributed by atoms with E-state index >= 15 is 0 Å². The highest BCUT2D eigenvalue weighted by Crippen LogP contribution is 2.35. The summed E-state index contributed by atoms with van der Waals surface area (Å²) in [5.41, 5.74) is 0.672. The quantitative estimate of drug-likeness (QED) is 0.628. The number of hydrogen-bond acceptors (Lipinski definition) is 4. The van der Waals surface area contributed by atoms with Crippen LogP contribution in [0, 0.1) is 28.9 Å². The molecule has 6 heteroatoms. The summed E-state index contributed by atoms with van der Waals surface area (Å²) in [7, 11) is 0. The van der Waals surface area contributed by atoms with Crippen molar-refractivity contribution in [2.75, 3.05) is 5.32 Å². The van der Waals surface area contributed by atoms with Crippen molar-refractivity contribution in [2.24, 2.45) is 11.8 Å². The number of aromatic nitrogens is 1. The van der Waals surface area contributed by atoms with E-state index in [2.05, 4.69) is 40.1 Å². The van der Waals surface area contributed by atoms with Gasteiger partial charge >= 0.3 is 0 Å². The molecule has 2 rings (SSSR count). The van der Waals surface area contributed by atoms with Crippen LogP contribution in [0.15, 0.2) is 10.7 Å². The minimum Gasteiger partial charge on any atom is -0.366 e. The van der Waals surface area contributed by atoms with Crippen LogP contribution in [0.3, 0.4) is 0 Å². The lowest BCUT2D eigenvalue weighted by molar-refractivity contribution is -0.385. The van der Waals surface area contributed by atoms with Crippen LogP contribution in [0.1, 0.15) is 45.1 Å². The first-order valence-corrected chi connectivity index (χ1v) is 8.27. The fourth-order valence-electron chi connectivity index (χ4n) is 3.17. The van der Waals surface area contributed by atoms with Gasteiger partial charge in [0, 0.05) is 11.6 Å². The van der Waals surface area contributed by atoms with Crippen molar-refractivity contribution in [3.05, 3.63) is 26.3 Å². The molecule has 5 nitrogen and oxygen atoms in total. The number of halogens is 1. The van der Waals surface area contributed by atoms with Gasteiger partial charge in [-0.2, -0.15) is 0 Å². The number of nitrogens with zero attached hydrogens (tertiary/aromatic N) is 2. The molecule has 0 radical (unpaired) electrons. The lowest BCUT2D eigenvalue weighted by atomic mass is 9.78. The number of rotatable bonds is 4. The molecule has 21 heavy (non-hydrogen) atoms. The molecule has 1 heterocycles. The van der Waals surface area contributed by atoms with E-state index in [1.165, 1.54) is 25.5 Å². The molecule has 0 saturated heterocycles. The first kappa shape index (κ1) is 16.2. The molecule has 1 N–H and O–H groups in total. The van der Waals surface area contributed by atoms with Gasteiger partial charge in [-0.25, -0.2) is 4.98 Å². The molecule has 0 spiro atoms.